The average Bonchev–Trinajstić information content (AvgIpc) is 2.13. The van der Waals surface area contributed by atoms with E-state index < -0.39 is 30.0 Å². The number of rotatable bonds is 4. The Balaban J connectivity index is 2.58. The quantitative estimate of drug-likeness (QED) is 0.587. The number of ketones is 1. The summed E-state index contributed by atoms with van der Waals surface area (Å²) in [4.78, 5) is 11.3. The van der Waals surface area contributed by atoms with Crippen LogP contribution in [0.4, 0.5) is 22.0 Å². The van der Waals surface area contributed by atoms with Gasteiger partial charge in [0.1, 0.15) is 11.6 Å². The van der Waals surface area contributed by atoms with E-state index in [1.54, 1.807) is 0 Å². The Labute approximate surface area is 94.2 Å². The smallest absolute Gasteiger partial charge is 0.294 e. The summed E-state index contributed by atoms with van der Waals surface area (Å²) in [5.74, 6) is -2.55. The second kappa shape index (κ2) is 5.25. The van der Waals surface area contributed by atoms with Gasteiger partial charge in [-0.25, -0.2) is 8.78 Å². The number of Topliss-reactive ketones (excluding diaryl/α,β-unsaturated/α-hetero) is 1. The number of halogens is 5. The van der Waals surface area contributed by atoms with Gasteiger partial charge in [0.25, 0.3) is 0 Å². The maximum Gasteiger partial charge on any atom is 0.389 e. The van der Waals surface area contributed by atoms with Crippen molar-refractivity contribution < 1.29 is 26.7 Å². The molecule has 6 heteroatoms. The Bertz CT molecular complexity index is 391. The lowest BCUT2D eigenvalue weighted by molar-refractivity contribution is -0.135. The zero-order chi connectivity index (χ0) is 13.1. The molecule has 0 aliphatic rings. The molecule has 0 radical (unpaired) electrons. The number of hydrogen-bond donors (Lipinski definition) is 0. The van der Waals surface area contributed by atoms with E-state index in [0.29, 0.717) is 6.07 Å². The van der Waals surface area contributed by atoms with E-state index in [1.807, 2.05) is 0 Å². The van der Waals surface area contributed by atoms with Crippen LogP contribution in [0.1, 0.15) is 29.6 Å². The van der Waals surface area contributed by atoms with Crippen molar-refractivity contribution in [2.24, 2.45) is 0 Å². The van der Waals surface area contributed by atoms with Crippen molar-refractivity contribution in [3.63, 3.8) is 0 Å². The third-order valence-electron chi connectivity index (χ3n) is 2.05. The van der Waals surface area contributed by atoms with Crippen molar-refractivity contribution in [3.8, 4) is 0 Å². The van der Waals surface area contributed by atoms with Crippen molar-refractivity contribution in [1.82, 2.24) is 0 Å². The van der Waals surface area contributed by atoms with Crippen molar-refractivity contribution in [2.75, 3.05) is 0 Å². The highest BCUT2D eigenvalue weighted by molar-refractivity contribution is 5.96. The van der Waals surface area contributed by atoms with Crippen LogP contribution in [-0.2, 0) is 0 Å². The third kappa shape index (κ3) is 4.93. The summed E-state index contributed by atoms with van der Waals surface area (Å²) in [6, 6.07) is 2.20. The zero-order valence-corrected chi connectivity index (χ0v) is 8.65. The van der Waals surface area contributed by atoms with Crippen LogP contribution in [0.5, 0.6) is 0 Å². The maximum atomic E-state index is 12.7. The Hall–Kier alpha value is -1.46. The van der Waals surface area contributed by atoms with Gasteiger partial charge < -0.3 is 0 Å². The predicted octanol–water partition coefficient (Wildman–Crippen LogP) is 3.88. The number of carbonyl (C=O) groups excluding carboxylic acids is 1. The Morgan fingerprint density at radius 2 is 1.59 bits per heavy atom. The number of alkyl halides is 3. The van der Waals surface area contributed by atoms with Gasteiger partial charge in [-0.1, -0.05) is 0 Å². The summed E-state index contributed by atoms with van der Waals surface area (Å²) in [6.45, 7) is 0. The number of hydrogen-bond acceptors (Lipinski definition) is 1. The Morgan fingerprint density at radius 3 is 2.06 bits per heavy atom. The molecule has 0 aromatic heterocycles. The first kappa shape index (κ1) is 13.6. The topological polar surface area (TPSA) is 17.1 Å². The predicted molar refractivity (Wildman–Crippen MR) is 50.6 cm³/mol. The molecule has 1 aromatic rings. The normalized spacial score (nSPS) is 11.6. The van der Waals surface area contributed by atoms with Crippen molar-refractivity contribution in [2.45, 2.75) is 25.4 Å². The van der Waals surface area contributed by atoms with Crippen molar-refractivity contribution >= 4 is 5.78 Å². The van der Waals surface area contributed by atoms with Gasteiger partial charge in [-0.2, -0.15) is 13.2 Å². The fourth-order valence-electron chi connectivity index (χ4n) is 1.31. The minimum atomic E-state index is -4.33. The van der Waals surface area contributed by atoms with Gasteiger partial charge >= 0.3 is 6.18 Å². The molecular formula is C11H9F5O. The molecule has 0 bridgehead atoms. The van der Waals surface area contributed by atoms with Crippen molar-refractivity contribution in [3.05, 3.63) is 35.4 Å². The van der Waals surface area contributed by atoms with Crippen LogP contribution in [0, 0.1) is 11.6 Å². The van der Waals surface area contributed by atoms with Gasteiger partial charge in [0, 0.05) is 24.5 Å². The van der Waals surface area contributed by atoms with E-state index in [9.17, 15) is 26.7 Å². The molecule has 1 aromatic carbocycles. The SMILES string of the molecule is O=C(CCCC(F)(F)F)c1cc(F)cc(F)c1. The second-order valence-corrected chi connectivity index (χ2v) is 3.55. The van der Waals surface area contributed by atoms with E-state index in [2.05, 4.69) is 0 Å². The molecule has 0 heterocycles. The lowest BCUT2D eigenvalue weighted by Gasteiger charge is -2.05. The number of benzene rings is 1. The van der Waals surface area contributed by atoms with Crippen LogP contribution in [0.15, 0.2) is 18.2 Å². The highest BCUT2D eigenvalue weighted by Gasteiger charge is 2.26. The van der Waals surface area contributed by atoms with Gasteiger partial charge in [0.15, 0.2) is 5.78 Å². The van der Waals surface area contributed by atoms with Crippen LogP contribution in [0.2, 0.25) is 0 Å². The van der Waals surface area contributed by atoms with Crippen LogP contribution in [0.25, 0.3) is 0 Å². The summed E-state index contributed by atoms with van der Waals surface area (Å²) in [5, 5.41) is 0. The summed E-state index contributed by atoms with van der Waals surface area (Å²) < 4.78 is 60.9. The highest BCUT2D eigenvalue weighted by atomic mass is 19.4. The molecule has 0 aliphatic carbocycles. The molecule has 0 atom stereocenters. The van der Waals surface area contributed by atoms with Gasteiger partial charge in [-0.05, 0) is 18.6 Å². The zero-order valence-electron chi connectivity index (χ0n) is 8.65. The van der Waals surface area contributed by atoms with Crippen LogP contribution < -0.4 is 0 Å². The minimum Gasteiger partial charge on any atom is -0.294 e. The van der Waals surface area contributed by atoms with Crippen LogP contribution in [0.3, 0.4) is 0 Å². The minimum absolute atomic E-state index is 0.246. The Morgan fingerprint density at radius 1 is 1.06 bits per heavy atom. The average molecular weight is 252 g/mol. The summed E-state index contributed by atoms with van der Waals surface area (Å²) in [5.41, 5.74) is -0.246. The van der Waals surface area contributed by atoms with E-state index in [1.165, 1.54) is 0 Å². The lowest BCUT2D eigenvalue weighted by atomic mass is 10.1. The molecule has 0 fully saturated rings. The van der Waals surface area contributed by atoms with Gasteiger partial charge in [-0.15, -0.1) is 0 Å². The molecule has 0 saturated heterocycles. The lowest BCUT2D eigenvalue weighted by Crippen LogP contribution is -2.08. The molecule has 0 aliphatic heterocycles. The summed E-state index contributed by atoms with van der Waals surface area (Å²) >= 11 is 0. The largest absolute Gasteiger partial charge is 0.389 e. The first-order valence-corrected chi connectivity index (χ1v) is 4.84. The Kier molecular flexibility index (Phi) is 4.20. The third-order valence-corrected chi connectivity index (χ3v) is 2.05. The molecule has 1 rings (SSSR count). The molecule has 94 valence electrons. The van der Waals surface area contributed by atoms with E-state index in [0.717, 1.165) is 12.1 Å². The molecule has 0 unspecified atom stereocenters. The number of carbonyl (C=O) groups is 1. The van der Waals surface area contributed by atoms with E-state index >= 15 is 0 Å². The monoisotopic (exact) mass is 252 g/mol. The fraction of sp³-hybridized carbons (Fsp3) is 0.364. The molecule has 0 N–H and O–H groups in total. The second-order valence-electron chi connectivity index (χ2n) is 3.55. The highest BCUT2D eigenvalue weighted by Crippen LogP contribution is 2.23. The first-order valence-electron chi connectivity index (χ1n) is 4.84. The molecule has 0 saturated carbocycles. The van der Waals surface area contributed by atoms with E-state index in [4.69, 9.17) is 0 Å². The maximum absolute atomic E-state index is 12.7. The van der Waals surface area contributed by atoms with Gasteiger partial charge in [-0.3, -0.25) is 4.79 Å². The molecule has 1 nitrogen and oxygen atoms in total. The molecule has 0 spiro atoms. The van der Waals surface area contributed by atoms with Gasteiger partial charge in [0.2, 0.25) is 0 Å². The van der Waals surface area contributed by atoms with Crippen LogP contribution >= 0.6 is 0 Å². The standard InChI is InChI=1S/C11H9F5O/c12-8-4-7(5-9(13)6-8)10(17)2-1-3-11(14,15)16/h4-6H,1-3H2. The van der Waals surface area contributed by atoms with Gasteiger partial charge in [0.05, 0.1) is 0 Å². The summed E-state index contributed by atoms with van der Waals surface area (Å²) in [6.07, 6.45) is -6.19. The molecule has 17 heavy (non-hydrogen) atoms. The van der Waals surface area contributed by atoms with E-state index in [-0.39, 0.29) is 18.4 Å². The fourth-order valence-corrected chi connectivity index (χ4v) is 1.31. The van der Waals surface area contributed by atoms with Crippen molar-refractivity contribution in [1.29, 1.82) is 0 Å². The van der Waals surface area contributed by atoms with Crippen LogP contribution in [-0.4, -0.2) is 12.0 Å². The molecule has 0 amide bonds. The molecular weight excluding hydrogens is 243 g/mol. The first-order chi connectivity index (χ1) is 7.78. The summed E-state index contributed by atoms with van der Waals surface area (Å²) in [7, 11) is 0.